The van der Waals surface area contributed by atoms with E-state index in [1.165, 1.54) is 11.1 Å². The van der Waals surface area contributed by atoms with E-state index in [1.807, 2.05) is 37.3 Å². The van der Waals surface area contributed by atoms with Gasteiger partial charge in [0.2, 0.25) is 5.91 Å². The van der Waals surface area contributed by atoms with Crippen LogP contribution in [0, 0.1) is 13.8 Å². The van der Waals surface area contributed by atoms with Gasteiger partial charge in [0, 0.05) is 10.9 Å². The van der Waals surface area contributed by atoms with Crippen molar-refractivity contribution in [3.8, 4) is 0 Å². The minimum Gasteiger partial charge on any atom is -0.325 e. The Morgan fingerprint density at radius 1 is 1.14 bits per heavy atom. The lowest BCUT2D eigenvalue weighted by Gasteiger charge is -2.12. The summed E-state index contributed by atoms with van der Waals surface area (Å²) in [5.74, 6) is 0.512. The van der Waals surface area contributed by atoms with Crippen LogP contribution in [-0.2, 0) is 4.79 Å². The van der Waals surface area contributed by atoms with Crippen molar-refractivity contribution < 1.29 is 4.79 Å². The van der Waals surface area contributed by atoms with E-state index in [9.17, 15) is 4.79 Å². The molecule has 0 aliphatic heterocycles. The lowest BCUT2D eigenvalue weighted by molar-refractivity contribution is -0.113. The summed E-state index contributed by atoms with van der Waals surface area (Å²) in [6.07, 6.45) is 0. The third-order valence-corrected chi connectivity index (χ3v) is 4.59. The number of amides is 1. The fourth-order valence-electron chi connectivity index (χ4n) is 2.16. The van der Waals surface area contributed by atoms with Crippen LogP contribution in [0.25, 0.3) is 0 Å². The van der Waals surface area contributed by atoms with Crippen LogP contribution in [0.1, 0.15) is 28.9 Å². The summed E-state index contributed by atoms with van der Waals surface area (Å²) in [5.41, 5.74) is 4.46. The zero-order valence-corrected chi connectivity index (χ0v) is 13.5. The Morgan fingerprint density at radius 3 is 2.52 bits per heavy atom. The average molecular weight is 299 g/mol. The molecule has 0 aliphatic carbocycles. The number of nitrogens with one attached hydrogen (secondary N) is 1. The first-order valence-electron chi connectivity index (χ1n) is 7.10. The molecule has 0 heterocycles. The third-order valence-electron chi connectivity index (χ3n) is 3.39. The van der Waals surface area contributed by atoms with Crippen LogP contribution >= 0.6 is 11.8 Å². The van der Waals surface area contributed by atoms with Gasteiger partial charge in [-0.15, -0.1) is 11.8 Å². The molecule has 1 N–H and O–H groups in total. The highest BCUT2D eigenvalue weighted by Gasteiger charge is 2.10. The summed E-state index contributed by atoms with van der Waals surface area (Å²) in [4.78, 5) is 12.1. The Bertz CT molecular complexity index is 610. The quantitative estimate of drug-likeness (QED) is 0.864. The van der Waals surface area contributed by atoms with Gasteiger partial charge < -0.3 is 5.32 Å². The minimum absolute atomic E-state index is 0.0507. The Labute approximate surface area is 131 Å². The molecule has 0 aliphatic rings. The van der Waals surface area contributed by atoms with Gasteiger partial charge in [0.1, 0.15) is 0 Å². The molecule has 0 aromatic heterocycles. The first kappa shape index (κ1) is 15.6. The van der Waals surface area contributed by atoms with E-state index in [2.05, 4.69) is 37.4 Å². The van der Waals surface area contributed by atoms with Crippen LogP contribution in [0.4, 0.5) is 5.69 Å². The number of benzene rings is 2. The maximum atomic E-state index is 12.1. The van der Waals surface area contributed by atoms with Crippen molar-refractivity contribution in [2.75, 3.05) is 11.1 Å². The second-order valence-electron chi connectivity index (χ2n) is 5.23. The highest BCUT2D eigenvalue weighted by Crippen LogP contribution is 2.27. The van der Waals surface area contributed by atoms with E-state index in [0.29, 0.717) is 11.0 Å². The molecule has 2 aromatic carbocycles. The fourth-order valence-corrected chi connectivity index (χ4v) is 2.98. The molecule has 1 amide bonds. The van der Waals surface area contributed by atoms with Crippen LogP contribution in [-0.4, -0.2) is 11.7 Å². The highest BCUT2D eigenvalue weighted by atomic mass is 32.2. The molecule has 0 saturated carbocycles. The average Bonchev–Trinajstić information content (AvgIpc) is 2.48. The van der Waals surface area contributed by atoms with E-state index in [-0.39, 0.29) is 5.91 Å². The van der Waals surface area contributed by atoms with E-state index >= 15 is 0 Å². The largest absolute Gasteiger partial charge is 0.325 e. The molecule has 2 rings (SSSR count). The first-order valence-corrected chi connectivity index (χ1v) is 8.15. The van der Waals surface area contributed by atoms with Gasteiger partial charge in [-0.1, -0.05) is 48.0 Å². The van der Waals surface area contributed by atoms with Gasteiger partial charge in [-0.3, -0.25) is 4.79 Å². The zero-order valence-electron chi connectivity index (χ0n) is 12.7. The topological polar surface area (TPSA) is 29.1 Å². The fraction of sp³-hybridized carbons (Fsp3) is 0.278. The summed E-state index contributed by atoms with van der Waals surface area (Å²) in [5, 5.41) is 3.30. The SMILES string of the molecule is Cc1ccc(NC(=O)CSC(C)c2ccccc2)c(C)c1. The predicted octanol–water partition coefficient (Wildman–Crippen LogP) is 4.74. The predicted molar refractivity (Wildman–Crippen MR) is 91.9 cm³/mol. The van der Waals surface area contributed by atoms with Gasteiger partial charge in [0.25, 0.3) is 0 Å². The van der Waals surface area contributed by atoms with Crippen molar-refractivity contribution in [2.24, 2.45) is 0 Å². The Kier molecular flexibility index (Phi) is 5.45. The number of carbonyl (C=O) groups excluding carboxylic acids is 1. The van der Waals surface area contributed by atoms with Crippen molar-refractivity contribution >= 4 is 23.4 Å². The van der Waals surface area contributed by atoms with E-state index in [1.54, 1.807) is 11.8 Å². The zero-order chi connectivity index (χ0) is 15.2. The maximum Gasteiger partial charge on any atom is 0.234 e. The number of carbonyl (C=O) groups is 1. The summed E-state index contributed by atoms with van der Waals surface area (Å²) in [7, 11) is 0. The van der Waals surface area contributed by atoms with Gasteiger partial charge >= 0.3 is 0 Å². The van der Waals surface area contributed by atoms with Crippen LogP contribution in [0.5, 0.6) is 0 Å². The molecule has 2 aromatic rings. The normalized spacial score (nSPS) is 12.0. The van der Waals surface area contributed by atoms with Crippen LogP contribution in [0.2, 0.25) is 0 Å². The number of rotatable bonds is 5. The molecule has 21 heavy (non-hydrogen) atoms. The van der Waals surface area contributed by atoms with Crippen LogP contribution in [0.15, 0.2) is 48.5 Å². The lowest BCUT2D eigenvalue weighted by Crippen LogP contribution is -2.15. The number of aryl methyl sites for hydroxylation is 2. The number of hydrogen-bond donors (Lipinski definition) is 1. The van der Waals surface area contributed by atoms with Crippen molar-refractivity contribution in [1.29, 1.82) is 0 Å². The first-order chi connectivity index (χ1) is 10.1. The molecule has 3 heteroatoms. The maximum absolute atomic E-state index is 12.1. The smallest absolute Gasteiger partial charge is 0.234 e. The number of thioether (sulfide) groups is 1. The van der Waals surface area contributed by atoms with Crippen LogP contribution < -0.4 is 5.32 Å². The Morgan fingerprint density at radius 2 is 1.86 bits per heavy atom. The molecule has 0 bridgehead atoms. The van der Waals surface area contributed by atoms with E-state index < -0.39 is 0 Å². The molecule has 0 radical (unpaired) electrons. The summed E-state index contributed by atoms with van der Waals surface area (Å²) in [6, 6.07) is 16.3. The van der Waals surface area contributed by atoms with Gasteiger partial charge in [-0.25, -0.2) is 0 Å². The molecule has 0 spiro atoms. The molecule has 110 valence electrons. The number of anilines is 1. The van der Waals surface area contributed by atoms with Crippen molar-refractivity contribution in [1.82, 2.24) is 0 Å². The molecule has 1 atom stereocenters. The third kappa shape index (κ3) is 4.64. The summed E-state index contributed by atoms with van der Waals surface area (Å²) >= 11 is 1.65. The van der Waals surface area contributed by atoms with E-state index in [0.717, 1.165) is 11.3 Å². The molecular formula is C18H21NOS. The van der Waals surface area contributed by atoms with Crippen molar-refractivity contribution in [3.63, 3.8) is 0 Å². The standard InChI is InChI=1S/C18H21NOS/c1-13-9-10-17(14(2)11-13)19-18(20)12-21-15(3)16-7-5-4-6-8-16/h4-11,15H,12H2,1-3H3,(H,19,20). The summed E-state index contributed by atoms with van der Waals surface area (Å²) in [6.45, 7) is 6.20. The summed E-state index contributed by atoms with van der Waals surface area (Å²) < 4.78 is 0. The highest BCUT2D eigenvalue weighted by molar-refractivity contribution is 8.00. The van der Waals surface area contributed by atoms with Gasteiger partial charge in [0.15, 0.2) is 0 Å². The Hall–Kier alpha value is -1.74. The second kappa shape index (κ2) is 7.32. The molecular weight excluding hydrogens is 278 g/mol. The van der Waals surface area contributed by atoms with Gasteiger partial charge in [-0.05, 0) is 38.0 Å². The minimum atomic E-state index is 0.0507. The Balaban J connectivity index is 1.87. The van der Waals surface area contributed by atoms with Gasteiger partial charge in [-0.2, -0.15) is 0 Å². The van der Waals surface area contributed by atoms with Gasteiger partial charge in [0.05, 0.1) is 5.75 Å². The van der Waals surface area contributed by atoms with Crippen molar-refractivity contribution in [2.45, 2.75) is 26.0 Å². The van der Waals surface area contributed by atoms with Crippen molar-refractivity contribution in [3.05, 3.63) is 65.2 Å². The van der Waals surface area contributed by atoms with E-state index in [4.69, 9.17) is 0 Å². The molecule has 0 saturated heterocycles. The lowest BCUT2D eigenvalue weighted by atomic mass is 10.1. The van der Waals surface area contributed by atoms with Crippen LogP contribution in [0.3, 0.4) is 0 Å². The second-order valence-corrected chi connectivity index (χ2v) is 6.56. The monoisotopic (exact) mass is 299 g/mol. The molecule has 1 unspecified atom stereocenters. The molecule has 0 fully saturated rings. The molecule has 2 nitrogen and oxygen atoms in total. The number of hydrogen-bond acceptors (Lipinski definition) is 2.